The summed E-state index contributed by atoms with van der Waals surface area (Å²) < 4.78 is 0. The van der Waals surface area contributed by atoms with Gasteiger partial charge in [0.05, 0.1) is 4.88 Å². The molecular formula is C20H25NOS2. The highest BCUT2D eigenvalue weighted by molar-refractivity contribution is 7.98. The third-order valence-corrected chi connectivity index (χ3v) is 6.70. The summed E-state index contributed by atoms with van der Waals surface area (Å²) in [6.45, 7) is 3.02. The summed E-state index contributed by atoms with van der Waals surface area (Å²) in [7, 11) is 0. The van der Waals surface area contributed by atoms with Gasteiger partial charge in [0.25, 0.3) is 5.91 Å². The molecule has 1 aliphatic rings. The number of hydrogen-bond donors (Lipinski definition) is 1. The first kappa shape index (κ1) is 17.6. The van der Waals surface area contributed by atoms with Crippen LogP contribution in [0.3, 0.4) is 0 Å². The Bertz CT molecular complexity index is 693. The monoisotopic (exact) mass is 359 g/mol. The van der Waals surface area contributed by atoms with Gasteiger partial charge >= 0.3 is 0 Å². The normalized spacial score (nSPS) is 12.5. The van der Waals surface area contributed by atoms with E-state index in [0.29, 0.717) is 0 Å². The van der Waals surface area contributed by atoms with Crippen LogP contribution in [0.2, 0.25) is 0 Å². The average molecular weight is 360 g/mol. The highest BCUT2D eigenvalue weighted by atomic mass is 32.2. The molecule has 0 saturated carbocycles. The van der Waals surface area contributed by atoms with Gasteiger partial charge in [0.15, 0.2) is 0 Å². The van der Waals surface area contributed by atoms with Crippen molar-refractivity contribution >= 4 is 29.0 Å². The number of fused-ring (bicyclic) bond motifs is 3. The van der Waals surface area contributed by atoms with E-state index in [1.165, 1.54) is 53.0 Å². The van der Waals surface area contributed by atoms with E-state index in [2.05, 4.69) is 42.6 Å². The number of carbonyl (C=O) groups excluding carboxylic acids is 1. The van der Waals surface area contributed by atoms with Crippen LogP contribution < -0.4 is 5.32 Å². The van der Waals surface area contributed by atoms with Crippen LogP contribution in [0.5, 0.6) is 0 Å². The van der Waals surface area contributed by atoms with Gasteiger partial charge in [0, 0.05) is 27.6 Å². The Labute approximate surface area is 153 Å². The Hall–Kier alpha value is -1.26. The first-order valence-corrected chi connectivity index (χ1v) is 10.7. The van der Waals surface area contributed by atoms with Crippen molar-refractivity contribution in [3.05, 3.63) is 40.8 Å². The molecule has 0 bridgehead atoms. The Morgan fingerprint density at radius 2 is 1.92 bits per heavy atom. The molecule has 0 fully saturated rings. The summed E-state index contributed by atoms with van der Waals surface area (Å²) >= 11 is 3.50. The number of benzene rings is 1. The minimum atomic E-state index is 0.0884. The average Bonchev–Trinajstić information content (AvgIpc) is 3.05. The molecule has 0 aliphatic carbocycles. The van der Waals surface area contributed by atoms with Gasteiger partial charge < -0.3 is 5.32 Å². The zero-order valence-corrected chi connectivity index (χ0v) is 15.9. The number of rotatable bonds is 8. The molecule has 0 atom stereocenters. The van der Waals surface area contributed by atoms with Crippen molar-refractivity contribution in [1.29, 1.82) is 0 Å². The van der Waals surface area contributed by atoms with Gasteiger partial charge in [-0.25, -0.2) is 0 Å². The van der Waals surface area contributed by atoms with Gasteiger partial charge in [-0.2, -0.15) is 0 Å². The van der Waals surface area contributed by atoms with Gasteiger partial charge in [-0.05, 0) is 24.1 Å². The van der Waals surface area contributed by atoms with E-state index >= 15 is 0 Å². The van der Waals surface area contributed by atoms with Crippen LogP contribution in [0.1, 0.15) is 60.7 Å². The molecule has 0 unspecified atom stereocenters. The quantitative estimate of drug-likeness (QED) is 0.576. The maximum Gasteiger partial charge on any atom is 0.261 e. The van der Waals surface area contributed by atoms with Crippen LogP contribution in [0.25, 0.3) is 10.4 Å². The summed E-state index contributed by atoms with van der Waals surface area (Å²) in [6.07, 6.45) is 7.50. The van der Waals surface area contributed by atoms with E-state index < -0.39 is 0 Å². The SMILES string of the molecule is CCCCCCCCNC(=O)c1cc2c(s1)-c1ccccc1SC2. The molecule has 4 heteroatoms. The first-order valence-electron chi connectivity index (χ1n) is 8.92. The largest absolute Gasteiger partial charge is 0.351 e. The third-order valence-electron chi connectivity index (χ3n) is 4.36. The van der Waals surface area contributed by atoms with Crippen molar-refractivity contribution < 1.29 is 4.79 Å². The van der Waals surface area contributed by atoms with Crippen LogP contribution in [0.15, 0.2) is 35.2 Å². The zero-order chi connectivity index (χ0) is 16.8. The molecule has 2 heterocycles. The summed E-state index contributed by atoms with van der Waals surface area (Å²) in [5.41, 5.74) is 2.58. The second-order valence-corrected chi connectivity index (χ2v) is 8.34. The lowest BCUT2D eigenvalue weighted by Gasteiger charge is -2.14. The molecule has 1 aromatic carbocycles. The maximum atomic E-state index is 12.4. The predicted molar refractivity (Wildman–Crippen MR) is 105 cm³/mol. The lowest BCUT2D eigenvalue weighted by atomic mass is 10.1. The number of unbranched alkanes of at least 4 members (excludes halogenated alkanes) is 5. The van der Waals surface area contributed by atoms with Gasteiger partial charge in [0.2, 0.25) is 0 Å². The summed E-state index contributed by atoms with van der Waals surface area (Å²) in [5, 5.41) is 3.09. The van der Waals surface area contributed by atoms with E-state index in [0.717, 1.165) is 23.6 Å². The van der Waals surface area contributed by atoms with Crippen molar-refractivity contribution in [2.45, 2.75) is 56.1 Å². The fourth-order valence-electron chi connectivity index (χ4n) is 3.01. The topological polar surface area (TPSA) is 29.1 Å². The molecule has 1 N–H and O–H groups in total. The van der Waals surface area contributed by atoms with Crippen molar-refractivity contribution in [1.82, 2.24) is 5.32 Å². The van der Waals surface area contributed by atoms with E-state index in [1.54, 1.807) is 11.3 Å². The molecule has 0 radical (unpaired) electrons. The Kier molecular flexibility index (Phi) is 6.38. The van der Waals surface area contributed by atoms with Crippen LogP contribution in [-0.2, 0) is 5.75 Å². The molecular weight excluding hydrogens is 334 g/mol. The highest BCUT2D eigenvalue weighted by Gasteiger charge is 2.21. The van der Waals surface area contributed by atoms with Crippen LogP contribution in [0, 0.1) is 0 Å². The molecule has 1 amide bonds. The van der Waals surface area contributed by atoms with Gasteiger partial charge in [-0.15, -0.1) is 23.1 Å². The molecule has 3 rings (SSSR count). The summed E-state index contributed by atoms with van der Waals surface area (Å²) in [5.74, 6) is 1.05. The molecule has 0 spiro atoms. The molecule has 0 saturated heterocycles. The van der Waals surface area contributed by atoms with E-state index in [4.69, 9.17) is 0 Å². The van der Waals surface area contributed by atoms with Crippen LogP contribution >= 0.6 is 23.1 Å². The molecule has 24 heavy (non-hydrogen) atoms. The number of nitrogens with one attached hydrogen (secondary N) is 1. The third kappa shape index (κ3) is 4.22. The summed E-state index contributed by atoms with van der Waals surface area (Å²) in [4.78, 5) is 15.8. The molecule has 1 aromatic heterocycles. The van der Waals surface area contributed by atoms with Gasteiger partial charge in [-0.1, -0.05) is 57.2 Å². The predicted octanol–water partition coefficient (Wildman–Crippen LogP) is 6.11. The zero-order valence-electron chi connectivity index (χ0n) is 14.3. The van der Waals surface area contributed by atoms with Crippen molar-refractivity contribution in [3.8, 4) is 10.4 Å². The Morgan fingerprint density at radius 3 is 2.79 bits per heavy atom. The number of amides is 1. The molecule has 1 aliphatic heterocycles. The van der Waals surface area contributed by atoms with E-state index in [-0.39, 0.29) is 5.91 Å². The fourth-order valence-corrected chi connectivity index (χ4v) is 5.34. The number of carbonyl (C=O) groups is 1. The Balaban J connectivity index is 1.53. The fraction of sp³-hybridized carbons (Fsp3) is 0.450. The van der Waals surface area contributed by atoms with Crippen LogP contribution in [0.4, 0.5) is 0 Å². The maximum absolute atomic E-state index is 12.4. The van der Waals surface area contributed by atoms with E-state index in [9.17, 15) is 4.79 Å². The molecule has 2 aromatic rings. The number of thioether (sulfide) groups is 1. The standard InChI is InChI=1S/C20H25NOS2/c1-2-3-4-5-6-9-12-21-20(22)18-13-15-14-23-17-11-8-7-10-16(17)19(15)24-18/h7-8,10-11,13H,2-6,9,12,14H2,1H3,(H,21,22). The number of hydrogen-bond acceptors (Lipinski definition) is 3. The van der Waals surface area contributed by atoms with E-state index in [1.807, 2.05) is 11.8 Å². The lowest BCUT2D eigenvalue weighted by Crippen LogP contribution is -2.23. The molecule has 2 nitrogen and oxygen atoms in total. The first-order chi connectivity index (χ1) is 11.8. The second-order valence-electron chi connectivity index (χ2n) is 6.27. The smallest absolute Gasteiger partial charge is 0.261 e. The van der Waals surface area contributed by atoms with Crippen molar-refractivity contribution in [2.75, 3.05) is 6.54 Å². The van der Waals surface area contributed by atoms with Crippen LogP contribution in [-0.4, -0.2) is 12.5 Å². The minimum absolute atomic E-state index is 0.0884. The minimum Gasteiger partial charge on any atom is -0.351 e. The highest BCUT2D eigenvalue weighted by Crippen LogP contribution is 2.45. The second kappa shape index (κ2) is 8.72. The summed E-state index contributed by atoms with van der Waals surface area (Å²) in [6, 6.07) is 10.6. The number of thiophene rings is 1. The van der Waals surface area contributed by atoms with Gasteiger partial charge in [-0.3, -0.25) is 4.79 Å². The van der Waals surface area contributed by atoms with Gasteiger partial charge in [0.1, 0.15) is 0 Å². The van der Waals surface area contributed by atoms with Crippen molar-refractivity contribution in [2.24, 2.45) is 0 Å². The lowest BCUT2D eigenvalue weighted by molar-refractivity contribution is 0.0957. The van der Waals surface area contributed by atoms with Crippen molar-refractivity contribution in [3.63, 3.8) is 0 Å². The Morgan fingerprint density at radius 1 is 1.12 bits per heavy atom. The molecule has 128 valence electrons.